The summed E-state index contributed by atoms with van der Waals surface area (Å²) < 4.78 is 23.3. The summed E-state index contributed by atoms with van der Waals surface area (Å²) in [6.45, 7) is 0. The molecule has 0 aromatic heterocycles. The van der Waals surface area contributed by atoms with Crippen molar-refractivity contribution in [2.45, 2.75) is 12.0 Å². The molecule has 1 atom stereocenters. The van der Waals surface area contributed by atoms with E-state index in [4.69, 9.17) is 10.2 Å². The van der Waals surface area contributed by atoms with Gasteiger partial charge in [0.25, 0.3) is 10.2 Å². The largest absolute Gasteiger partial charge is 0.480 e. The van der Waals surface area contributed by atoms with Crippen LogP contribution in [0.1, 0.15) is 6.42 Å². The minimum Gasteiger partial charge on any atom is -0.480 e. The maximum Gasteiger partial charge on any atom is 0.325 e. The first-order valence-corrected chi connectivity index (χ1v) is 6.19. The highest BCUT2D eigenvalue weighted by atomic mass is 32.2. The zero-order valence-electron chi connectivity index (χ0n) is 6.69. The van der Waals surface area contributed by atoms with Crippen LogP contribution in [0.15, 0.2) is 0 Å². The van der Waals surface area contributed by atoms with E-state index in [-0.39, 0.29) is 12.2 Å². The van der Waals surface area contributed by atoms with Gasteiger partial charge in [-0.25, -0.2) is 5.14 Å². The van der Waals surface area contributed by atoms with E-state index < -0.39 is 21.7 Å². The van der Waals surface area contributed by atoms with Gasteiger partial charge in [-0.05, 0) is 12.2 Å². The molecule has 0 amide bonds. The Hall–Kier alpha value is -0.310. The first-order valence-electron chi connectivity index (χ1n) is 3.49. The summed E-state index contributed by atoms with van der Waals surface area (Å²) >= 11 is 1.39. The highest BCUT2D eigenvalue weighted by Crippen LogP contribution is 2.28. The molecule has 1 fully saturated rings. The third-order valence-electron chi connectivity index (χ3n) is 1.77. The molecule has 0 radical (unpaired) electrons. The number of nitrogens with two attached hydrogens (primary N) is 1. The van der Waals surface area contributed by atoms with E-state index >= 15 is 0 Å². The summed E-state index contributed by atoms with van der Waals surface area (Å²) in [5.41, 5.74) is -1.40. The average molecular weight is 226 g/mol. The van der Waals surface area contributed by atoms with Gasteiger partial charge in [-0.2, -0.15) is 24.9 Å². The van der Waals surface area contributed by atoms with Crippen molar-refractivity contribution in [2.24, 2.45) is 5.14 Å². The summed E-state index contributed by atoms with van der Waals surface area (Å²) in [5.74, 6) is -0.334. The average Bonchev–Trinajstić information content (AvgIpc) is 2.33. The molecule has 4 N–H and O–H groups in total. The lowest BCUT2D eigenvalue weighted by Gasteiger charge is -2.22. The SMILES string of the molecule is NS(=O)(=O)NC1(C(=O)O)CCSC1. The number of carboxylic acid groups (broad SMARTS) is 1. The van der Waals surface area contributed by atoms with Crippen molar-refractivity contribution in [3.63, 3.8) is 0 Å². The van der Waals surface area contributed by atoms with Crippen LogP contribution in [0.25, 0.3) is 0 Å². The minimum absolute atomic E-state index is 0.221. The highest BCUT2D eigenvalue weighted by Gasteiger charge is 2.44. The Morgan fingerprint density at radius 1 is 1.62 bits per heavy atom. The van der Waals surface area contributed by atoms with Gasteiger partial charge in [-0.3, -0.25) is 4.79 Å². The van der Waals surface area contributed by atoms with Crippen molar-refractivity contribution in [2.75, 3.05) is 11.5 Å². The fourth-order valence-corrected chi connectivity index (χ4v) is 3.35. The predicted molar refractivity (Wildman–Crippen MR) is 48.6 cm³/mol. The van der Waals surface area contributed by atoms with Gasteiger partial charge in [0.2, 0.25) is 0 Å². The number of thioether (sulfide) groups is 1. The Balaban J connectivity index is 2.86. The van der Waals surface area contributed by atoms with Crippen LogP contribution < -0.4 is 9.86 Å². The number of hydrogen-bond donors (Lipinski definition) is 3. The van der Waals surface area contributed by atoms with Crippen molar-refractivity contribution < 1.29 is 18.3 Å². The molecule has 1 aliphatic rings. The van der Waals surface area contributed by atoms with Crippen LogP contribution in [0.2, 0.25) is 0 Å². The van der Waals surface area contributed by atoms with E-state index in [1.165, 1.54) is 11.8 Å². The first kappa shape index (κ1) is 10.8. The third kappa shape index (κ3) is 2.56. The predicted octanol–water partition coefficient (Wildman–Crippen LogP) is -1.26. The van der Waals surface area contributed by atoms with E-state index in [2.05, 4.69) is 0 Å². The molecule has 0 bridgehead atoms. The molecule has 13 heavy (non-hydrogen) atoms. The molecule has 1 heterocycles. The van der Waals surface area contributed by atoms with Crippen LogP contribution in [0.4, 0.5) is 0 Å². The van der Waals surface area contributed by atoms with Crippen LogP contribution in [-0.2, 0) is 15.0 Å². The summed E-state index contributed by atoms with van der Waals surface area (Å²) in [5, 5.41) is 13.6. The smallest absolute Gasteiger partial charge is 0.325 e. The van der Waals surface area contributed by atoms with E-state index in [0.29, 0.717) is 5.75 Å². The molecule has 1 saturated heterocycles. The third-order valence-corrected chi connectivity index (χ3v) is 3.63. The van der Waals surface area contributed by atoms with Gasteiger partial charge >= 0.3 is 5.97 Å². The number of nitrogens with one attached hydrogen (secondary N) is 1. The van der Waals surface area contributed by atoms with Crippen molar-refractivity contribution in [1.29, 1.82) is 0 Å². The van der Waals surface area contributed by atoms with Crippen molar-refractivity contribution in [3.8, 4) is 0 Å². The molecular formula is C5H10N2O4S2. The summed E-state index contributed by atoms with van der Waals surface area (Å²) in [6, 6.07) is 0. The monoisotopic (exact) mass is 226 g/mol. The van der Waals surface area contributed by atoms with Crippen LogP contribution in [0, 0.1) is 0 Å². The summed E-state index contributed by atoms with van der Waals surface area (Å²) in [4.78, 5) is 10.8. The summed E-state index contributed by atoms with van der Waals surface area (Å²) in [7, 11) is -3.96. The van der Waals surface area contributed by atoms with Gasteiger partial charge in [0.05, 0.1) is 0 Å². The van der Waals surface area contributed by atoms with Gasteiger partial charge in [0, 0.05) is 5.75 Å². The minimum atomic E-state index is -3.96. The standard InChI is InChI=1S/C5H10N2O4S2/c6-13(10,11)7-5(4(8)9)1-2-12-3-5/h7H,1-3H2,(H,8,9)(H2,6,10,11). The van der Waals surface area contributed by atoms with Gasteiger partial charge in [0.1, 0.15) is 5.54 Å². The number of aliphatic carboxylic acids is 1. The van der Waals surface area contributed by atoms with Crippen LogP contribution in [0.3, 0.4) is 0 Å². The van der Waals surface area contributed by atoms with E-state index in [1.807, 2.05) is 4.72 Å². The topological polar surface area (TPSA) is 109 Å². The Labute approximate surface area is 80.1 Å². The molecule has 1 rings (SSSR count). The van der Waals surface area contributed by atoms with Crippen LogP contribution in [-0.4, -0.2) is 36.5 Å². The van der Waals surface area contributed by atoms with Crippen molar-refractivity contribution >= 4 is 27.9 Å². The van der Waals surface area contributed by atoms with Crippen LogP contribution >= 0.6 is 11.8 Å². The lowest BCUT2D eigenvalue weighted by molar-refractivity contribution is -0.142. The molecule has 0 aromatic carbocycles. The lowest BCUT2D eigenvalue weighted by Crippen LogP contribution is -2.56. The maximum absolute atomic E-state index is 10.8. The van der Waals surface area contributed by atoms with Crippen molar-refractivity contribution in [3.05, 3.63) is 0 Å². The number of rotatable bonds is 3. The molecule has 76 valence electrons. The molecule has 0 saturated carbocycles. The maximum atomic E-state index is 10.8. The zero-order chi connectivity index (χ0) is 10.1. The summed E-state index contributed by atoms with van der Waals surface area (Å²) in [6.07, 6.45) is 0.267. The van der Waals surface area contributed by atoms with Crippen molar-refractivity contribution in [1.82, 2.24) is 4.72 Å². The number of carboxylic acids is 1. The molecule has 0 spiro atoms. The van der Waals surface area contributed by atoms with E-state index in [9.17, 15) is 13.2 Å². The Morgan fingerprint density at radius 2 is 2.23 bits per heavy atom. The molecular weight excluding hydrogens is 216 g/mol. The molecule has 8 heteroatoms. The highest BCUT2D eigenvalue weighted by molar-refractivity contribution is 7.99. The second kappa shape index (κ2) is 3.45. The van der Waals surface area contributed by atoms with E-state index in [1.54, 1.807) is 0 Å². The number of carbonyl (C=O) groups is 1. The molecule has 0 aromatic rings. The van der Waals surface area contributed by atoms with Gasteiger partial charge < -0.3 is 5.11 Å². The first-order chi connectivity index (χ1) is 5.86. The normalized spacial score (nSPS) is 29.0. The van der Waals surface area contributed by atoms with Gasteiger partial charge in [-0.15, -0.1) is 0 Å². The molecule has 1 unspecified atom stereocenters. The lowest BCUT2D eigenvalue weighted by atomic mass is 10.0. The molecule has 0 aliphatic carbocycles. The fraction of sp³-hybridized carbons (Fsp3) is 0.800. The van der Waals surface area contributed by atoms with Crippen LogP contribution in [0.5, 0.6) is 0 Å². The fourth-order valence-electron chi connectivity index (χ4n) is 1.13. The quantitative estimate of drug-likeness (QED) is 0.556. The number of hydrogen-bond acceptors (Lipinski definition) is 4. The second-order valence-corrected chi connectivity index (χ2v) is 5.24. The Morgan fingerprint density at radius 3 is 2.54 bits per heavy atom. The zero-order valence-corrected chi connectivity index (χ0v) is 8.32. The molecule has 6 nitrogen and oxygen atoms in total. The Bertz CT molecular complexity index is 306. The molecule has 1 aliphatic heterocycles. The second-order valence-electron chi connectivity index (χ2n) is 2.84. The van der Waals surface area contributed by atoms with E-state index in [0.717, 1.165) is 0 Å². The Kier molecular flexibility index (Phi) is 2.85. The van der Waals surface area contributed by atoms with Gasteiger partial charge in [0.15, 0.2) is 0 Å². The van der Waals surface area contributed by atoms with Gasteiger partial charge in [-0.1, -0.05) is 0 Å².